The minimum atomic E-state index is -0.635. The second kappa shape index (κ2) is 5.09. The van der Waals surface area contributed by atoms with Crippen molar-refractivity contribution in [1.82, 2.24) is 5.32 Å². The molecule has 0 saturated heterocycles. The molecule has 1 unspecified atom stereocenters. The largest absolute Gasteiger partial charge is 0.394 e. The van der Waals surface area contributed by atoms with E-state index in [0.29, 0.717) is 0 Å². The molecule has 1 amide bonds. The summed E-state index contributed by atoms with van der Waals surface area (Å²) < 4.78 is 0. The van der Waals surface area contributed by atoms with Crippen molar-refractivity contribution in [3.8, 4) is 0 Å². The molecule has 0 aliphatic heterocycles. The highest BCUT2D eigenvalue weighted by atomic mass is 32.1. The second-order valence-corrected chi connectivity index (χ2v) is 4.06. The van der Waals surface area contributed by atoms with Crippen molar-refractivity contribution >= 4 is 17.2 Å². The summed E-state index contributed by atoms with van der Waals surface area (Å²) in [6, 6.07) is 2.78. The van der Waals surface area contributed by atoms with E-state index in [-0.39, 0.29) is 18.6 Å². The molecule has 2 atom stereocenters. The Morgan fingerprint density at radius 2 is 2.50 bits per heavy atom. The van der Waals surface area contributed by atoms with Gasteiger partial charge in [0.15, 0.2) is 0 Å². The van der Waals surface area contributed by atoms with Crippen LogP contribution >= 0.6 is 11.3 Å². The Bertz CT molecular complexity index is 287. The fourth-order valence-corrected chi connectivity index (χ4v) is 1.70. The minimum Gasteiger partial charge on any atom is -0.394 e. The van der Waals surface area contributed by atoms with Crippen molar-refractivity contribution in [3.05, 3.63) is 22.4 Å². The number of rotatable bonds is 4. The summed E-state index contributed by atoms with van der Waals surface area (Å²) in [6.07, 6.45) is 0. The Balaban J connectivity index is 2.53. The lowest BCUT2D eigenvalue weighted by Gasteiger charge is -2.14. The first-order valence-corrected chi connectivity index (χ1v) is 5.23. The third-order valence-corrected chi connectivity index (χ3v) is 2.75. The number of amides is 1. The number of nitrogens with two attached hydrogens (primary N) is 1. The molecule has 78 valence electrons. The zero-order chi connectivity index (χ0) is 10.6. The van der Waals surface area contributed by atoms with Crippen LogP contribution < -0.4 is 11.1 Å². The quantitative estimate of drug-likeness (QED) is 0.672. The van der Waals surface area contributed by atoms with E-state index < -0.39 is 6.04 Å². The average molecular weight is 214 g/mol. The molecular weight excluding hydrogens is 200 g/mol. The third-order valence-electron chi connectivity index (χ3n) is 1.79. The number of hydrogen-bond acceptors (Lipinski definition) is 4. The molecule has 1 aromatic rings. The van der Waals surface area contributed by atoms with E-state index in [1.54, 1.807) is 6.92 Å². The summed E-state index contributed by atoms with van der Waals surface area (Å²) in [5.41, 5.74) is 5.70. The lowest BCUT2D eigenvalue weighted by atomic mass is 10.2. The first kappa shape index (κ1) is 11.2. The second-order valence-electron chi connectivity index (χ2n) is 3.09. The Kier molecular flexibility index (Phi) is 4.06. The van der Waals surface area contributed by atoms with E-state index in [4.69, 9.17) is 10.8 Å². The average Bonchev–Trinajstić information content (AvgIpc) is 2.69. The van der Waals surface area contributed by atoms with E-state index in [1.165, 1.54) is 11.3 Å². The summed E-state index contributed by atoms with van der Waals surface area (Å²) in [5.74, 6) is -0.256. The minimum absolute atomic E-state index is 0.0805. The molecule has 14 heavy (non-hydrogen) atoms. The van der Waals surface area contributed by atoms with Crippen LogP contribution in [0.25, 0.3) is 0 Å². The van der Waals surface area contributed by atoms with E-state index in [1.807, 2.05) is 17.5 Å². The van der Waals surface area contributed by atoms with E-state index >= 15 is 0 Å². The smallest absolute Gasteiger partial charge is 0.242 e. The SMILES string of the molecule is C[C@@H](CO)NC(=O)C(N)c1cccs1. The Labute approximate surface area is 86.7 Å². The van der Waals surface area contributed by atoms with Gasteiger partial charge in [0, 0.05) is 10.9 Å². The van der Waals surface area contributed by atoms with Crippen molar-refractivity contribution in [1.29, 1.82) is 0 Å². The van der Waals surface area contributed by atoms with Crippen molar-refractivity contribution in [2.75, 3.05) is 6.61 Å². The van der Waals surface area contributed by atoms with Gasteiger partial charge in [-0.05, 0) is 18.4 Å². The lowest BCUT2D eigenvalue weighted by Crippen LogP contribution is -2.40. The van der Waals surface area contributed by atoms with Crippen molar-refractivity contribution in [2.45, 2.75) is 19.0 Å². The van der Waals surface area contributed by atoms with Gasteiger partial charge in [0.2, 0.25) is 5.91 Å². The molecule has 4 N–H and O–H groups in total. The molecule has 0 radical (unpaired) electrons. The normalized spacial score (nSPS) is 14.8. The molecule has 0 aromatic carbocycles. The topological polar surface area (TPSA) is 75.3 Å². The predicted molar refractivity (Wildman–Crippen MR) is 55.9 cm³/mol. The molecule has 0 bridgehead atoms. The first-order valence-electron chi connectivity index (χ1n) is 4.35. The summed E-state index contributed by atoms with van der Waals surface area (Å²) in [6.45, 7) is 1.64. The molecule has 0 fully saturated rings. The van der Waals surface area contributed by atoms with Crippen LogP contribution in [0.5, 0.6) is 0 Å². The fourth-order valence-electron chi connectivity index (χ4n) is 0.976. The van der Waals surface area contributed by atoms with Gasteiger partial charge in [0.1, 0.15) is 6.04 Å². The van der Waals surface area contributed by atoms with Crippen molar-refractivity contribution in [3.63, 3.8) is 0 Å². The first-order chi connectivity index (χ1) is 6.65. The summed E-state index contributed by atoms with van der Waals surface area (Å²) in [4.78, 5) is 12.3. The number of carbonyl (C=O) groups excluding carboxylic acids is 1. The number of nitrogens with one attached hydrogen (secondary N) is 1. The fraction of sp³-hybridized carbons (Fsp3) is 0.444. The van der Waals surface area contributed by atoms with Crippen LogP contribution in [0.3, 0.4) is 0 Å². The predicted octanol–water partition coefficient (Wildman–Crippen LogP) is 0.245. The molecule has 0 saturated carbocycles. The monoisotopic (exact) mass is 214 g/mol. The molecular formula is C9H14N2O2S. The number of thiophene rings is 1. The maximum Gasteiger partial charge on any atom is 0.242 e. The van der Waals surface area contributed by atoms with Crippen LogP contribution in [0.2, 0.25) is 0 Å². The van der Waals surface area contributed by atoms with Gasteiger partial charge in [0.25, 0.3) is 0 Å². The van der Waals surface area contributed by atoms with Gasteiger partial charge in [-0.2, -0.15) is 0 Å². The van der Waals surface area contributed by atoms with Gasteiger partial charge in [-0.3, -0.25) is 4.79 Å². The maximum atomic E-state index is 11.5. The molecule has 1 heterocycles. The van der Waals surface area contributed by atoms with Crippen LogP contribution in [0.4, 0.5) is 0 Å². The molecule has 1 rings (SSSR count). The Morgan fingerprint density at radius 3 is 3.00 bits per heavy atom. The molecule has 0 aliphatic carbocycles. The Morgan fingerprint density at radius 1 is 1.79 bits per heavy atom. The zero-order valence-electron chi connectivity index (χ0n) is 7.93. The van der Waals surface area contributed by atoms with Gasteiger partial charge in [0.05, 0.1) is 6.61 Å². The third kappa shape index (κ3) is 2.80. The van der Waals surface area contributed by atoms with Crippen LogP contribution in [0.1, 0.15) is 17.8 Å². The summed E-state index contributed by atoms with van der Waals surface area (Å²) >= 11 is 1.45. The van der Waals surface area contributed by atoms with Crippen LogP contribution in [0.15, 0.2) is 17.5 Å². The highest BCUT2D eigenvalue weighted by Gasteiger charge is 2.17. The maximum absolute atomic E-state index is 11.5. The number of aliphatic hydroxyl groups is 1. The molecule has 4 nitrogen and oxygen atoms in total. The van der Waals surface area contributed by atoms with E-state index in [9.17, 15) is 4.79 Å². The van der Waals surface area contributed by atoms with Gasteiger partial charge in [-0.15, -0.1) is 11.3 Å². The van der Waals surface area contributed by atoms with Crippen LogP contribution in [0, 0.1) is 0 Å². The molecule has 5 heteroatoms. The molecule has 0 aliphatic rings. The van der Waals surface area contributed by atoms with Crippen molar-refractivity contribution < 1.29 is 9.90 Å². The summed E-state index contributed by atoms with van der Waals surface area (Å²) in [5, 5.41) is 13.2. The number of aliphatic hydroxyl groups excluding tert-OH is 1. The summed E-state index contributed by atoms with van der Waals surface area (Å²) in [7, 11) is 0. The van der Waals surface area contributed by atoms with Gasteiger partial charge in [-0.1, -0.05) is 6.07 Å². The molecule has 0 spiro atoms. The van der Waals surface area contributed by atoms with E-state index in [0.717, 1.165) is 4.88 Å². The van der Waals surface area contributed by atoms with Crippen LogP contribution in [-0.4, -0.2) is 23.7 Å². The van der Waals surface area contributed by atoms with Gasteiger partial charge < -0.3 is 16.2 Å². The zero-order valence-corrected chi connectivity index (χ0v) is 8.75. The Hall–Kier alpha value is -0.910. The highest BCUT2D eigenvalue weighted by molar-refractivity contribution is 7.10. The van der Waals surface area contributed by atoms with Crippen molar-refractivity contribution in [2.24, 2.45) is 5.73 Å². The van der Waals surface area contributed by atoms with E-state index in [2.05, 4.69) is 5.32 Å². The van der Waals surface area contributed by atoms with Crippen LogP contribution in [-0.2, 0) is 4.79 Å². The lowest BCUT2D eigenvalue weighted by molar-refractivity contribution is -0.123. The number of hydrogen-bond donors (Lipinski definition) is 3. The standard InChI is InChI=1S/C9H14N2O2S/c1-6(5-12)11-9(13)8(10)7-3-2-4-14-7/h2-4,6,8,12H,5,10H2,1H3,(H,11,13)/t6-,8?/m0/s1. The molecule has 1 aromatic heterocycles. The highest BCUT2D eigenvalue weighted by Crippen LogP contribution is 2.16. The van der Waals surface area contributed by atoms with Gasteiger partial charge >= 0.3 is 0 Å². The number of carbonyl (C=O) groups is 1. The van der Waals surface area contributed by atoms with Gasteiger partial charge in [-0.25, -0.2) is 0 Å².